The van der Waals surface area contributed by atoms with Crippen molar-refractivity contribution in [3.8, 4) is 11.6 Å². The van der Waals surface area contributed by atoms with E-state index < -0.39 is 0 Å². The zero-order valence-electron chi connectivity index (χ0n) is 13.7. The number of nitrogen functional groups attached to an aromatic ring is 1. The van der Waals surface area contributed by atoms with Crippen LogP contribution in [-0.2, 0) is 4.74 Å². The Kier molecular flexibility index (Phi) is 3.35. The molecule has 0 bridgehead atoms. The normalized spacial score (nSPS) is 21.6. The first kappa shape index (κ1) is 14.7. The van der Waals surface area contributed by atoms with E-state index >= 15 is 0 Å². The summed E-state index contributed by atoms with van der Waals surface area (Å²) >= 11 is 0. The van der Waals surface area contributed by atoms with E-state index in [0.29, 0.717) is 29.2 Å². The summed E-state index contributed by atoms with van der Waals surface area (Å²) in [7, 11) is 0. The van der Waals surface area contributed by atoms with Crippen LogP contribution in [0.1, 0.15) is 0 Å². The standard InChI is InChI=1S/C16H19N7O2/c17-16-19-13(22-4-3-21-5-7-24-10-11(21)9-22)8-14-18-15(20-23(14)16)12-2-1-6-25-12/h1-2,6,8,11H,3-5,7,9-10H2,(H2,17,19). The Labute approximate surface area is 144 Å². The number of nitrogens with zero attached hydrogens (tertiary/aromatic N) is 6. The topological polar surface area (TPSA) is 98.0 Å². The first-order chi connectivity index (χ1) is 12.3. The number of nitrogens with two attached hydrogens (primary N) is 1. The van der Waals surface area contributed by atoms with Gasteiger partial charge < -0.3 is 19.8 Å². The molecule has 1 atom stereocenters. The van der Waals surface area contributed by atoms with Crippen molar-refractivity contribution in [2.45, 2.75) is 6.04 Å². The lowest BCUT2D eigenvalue weighted by atomic mass is 10.1. The van der Waals surface area contributed by atoms with Crippen LogP contribution in [0, 0.1) is 0 Å². The lowest BCUT2D eigenvalue weighted by molar-refractivity contribution is -0.0117. The number of hydrogen-bond acceptors (Lipinski definition) is 8. The predicted molar refractivity (Wildman–Crippen MR) is 91.3 cm³/mol. The van der Waals surface area contributed by atoms with Crippen molar-refractivity contribution >= 4 is 17.4 Å². The van der Waals surface area contributed by atoms with Gasteiger partial charge in [-0.25, -0.2) is 4.98 Å². The largest absolute Gasteiger partial charge is 0.461 e. The third kappa shape index (κ3) is 2.52. The van der Waals surface area contributed by atoms with Gasteiger partial charge >= 0.3 is 0 Å². The van der Waals surface area contributed by atoms with Crippen molar-refractivity contribution in [3.05, 3.63) is 24.5 Å². The van der Waals surface area contributed by atoms with E-state index in [2.05, 4.69) is 24.9 Å². The number of piperazine rings is 1. The molecule has 2 N–H and O–H groups in total. The molecule has 0 aliphatic carbocycles. The molecule has 0 spiro atoms. The second-order valence-electron chi connectivity index (χ2n) is 6.37. The van der Waals surface area contributed by atoms with Gasteiger partial charge in [-0.1, -0.05) is 0 Å². The van der Waals surface area contributed by atoms with Gasteiger partial charge in [0.2, 0.25) is 11.8 Å². The summed E-state index contributed by atoms with van der Waals surface area (Å²) in [5.74, 6) is 2.26. The Balaban J connectivity index is 1.47. The fraction of sp³-hybridized carbons (Fsp3) is 0.438. The van der Waals surface area contributed by atoms with E-state index in [-0.39, 0.29) is 0 Å². The second kappa shape index (κ2) is 5.71. The highest BCUT2D eigenvalue weighted by Gasteiger charge is 2.30. The lowest BCUT2D eigenvalue weighted by Gasteiger charge is -2.44. The minimum atomic E-state index is 0.320. The number of rotatable bonds is 2. The van der Waals surface area contributed by atoms with Gasteiger partial charge in [-0.2, -0.15) is 9.50 Å². The van der Waals surface area contributed by atoms with Crippen LogP contribution < -0.4 is 10.6 Å². The maximum Gasteiger partial charge on any atom is 0.225 e. The summed E-state index contributed by atoms with van der Waals surface area (Å²) in [6.45, 7) is 5.39. The average Bonchev–Trinajstić information content (AvgIpc) is 3.30. The summed E-state index contributed by atoms with van der Waals surface area (Å²) < 4.78 is 12.5. The first-order valence-corrected chi connectivity index (χ1v) is 8.42. The third-order valence-electron chi connectivity index (χ3n) is 4.84. The van der Waals surface area contributed by atoms with Gasteiger partial charge in [0.05, 0.1) is 25.5 Å². The van der Waals surface area contributed by atoms with Crippen LogP contribution >= 0.6 is 0 Å². The van der Waals surface area contributed by atoms with E-state index in [9.17, 15) is 0 Å². The van der Waals surface area contributed by atoms with Crippen molar-refractivity contribution < 1.29 is 9.15 Å². The van der Waals surface area contributed by atoms with Gasteiger partial charge in [-0.3, -0.25) is 4.90 Å². The molecule has 0 radical (unpaired) electrons. The van der Waals surface area contributed by atoms with E-state index in [0.717, 1.165) is 45.2 Å². The molecule has 2 fully saturated rings. The molecular weight excluding hydrogens is 322 g/mol. The lowest BCUT2D eigenvalue weighted by Crippen LogP contribution is -2.58. The van der Waals surface area contributed by atoms with Gasteiger partial charge in [0.25, 0.3) is 0 Å². The zero-order chi connectivity index (χ0) is 16.8. The number of hydrogen-bond donors (Lipinski definition) is 1. The van der Waals surface area contributed by atoms with E-state index in [1.165, 1.54) is 0 Å². The van der Waals surface area contributed by atoms with Gasteiger partial charge in [-0.05, 0) is 12.1 Å². The molecule has 3 aromatic heterocycles. The maximum absolute atomic E-state index is 6.12. The first-order valence-electron chi connectivity index (χ1n) is 8.42. The minimum Gasteiger partial charge on any atom is -0.461 e. The molecule has 0 aromatic carbocycles. The van der Waals surface area contributed by atoms with Gasteiger partial charge in [0, 0.05) is 32.2 Å². The Morgan fingerprint density at radius 1 is 1.20 bits per heavy atom. The highest BCUT2D eigenvalue weighted by molar-refractivity contribution is 5.59. The van der Waals surface area contributed by atoms with Gasteiger partial charge in [0.1, 0.15) is 5.82 Å². The molecule has 2 aliphatic rings. The molecule has 2 saturated heterocycles. The molecule has 3 aromatic rings. The van der Waals surface area contributed by atoms with Crippen LogP contribution in [0.5, 0.6) is 0 Å². The summed E-state index contributed by atoms with van der Waals surface area (Å²) in [5, 5.41) is 4.38. The predicted octanol–water partition coefficient (Wildman–Crippen LogP) is 0.487. The molecule has 1 unspecified atom stereocenters. The fourth-order valence-electron chi connectivity index (χ4n) is 3.53. The zero-order valence-corrected chi connectivity index (χ0v) is 13.7. The highest BCUT2D eigenvalue weighted by Crippen LogP contribution is 2.23. The molecule has 9 heteroatoms. The SMILES string of the molecule is Nc1nc(N2CCN3CCOCC3C2)cc2nc(-c3ccco3)nn12. The molecule has 5 heterocycles. The van der Waals surface area contributed by atoms with Gasteiger partial charge in [-0.15, -0.1) is 5.10 Å². The number of morpholine rings is 1. The monoisotopic (exact) mass is 341 g/mol. The Bertz CT molecular complexity index is 891. The number of aromatic nitrogens is 4. The van der Waals surface area contributed by atoms with Crippen LogP contribution in [0.3, 0.4) is 0 Å². The smallest absolute Gasteiger partial charge is 0.225 e. The quantitative estimate of drug-likeness (QED) is 0.719. The number of fused-ring (bicyclic) bond motifs is 2. The van der Waals surface area contributed by atoms with Crippen LogP contribution in [0.4, 0.5) is 11.8 Å². The molecule has 0 amide bonds. The molecule has 9 nitrogen and oxygen atoms in total. The van der Waals surface area contributed by atoms with E-state index in [1.54, 1.807) is 16.8 Å². The van der Waals surface area contributed by atoms with E-state index in [4.69, 9.17) is 14.9 Å². The molecule has 2 aliphatic heterocycles. The Morgan fingerprint density at radius 2 is 2.16 bits per heavy atom. The summed E-state index contributed by atoms with van der Waals surface area (Å²) in [6, 6.07) is 5.95. The number of ether oxygens (including phenoxy) is 1. The van der Waals surface area contributed by atoms with Crippen molar-refractivity contribution in [1.82, 2.24) is 24.5 Å². The molecular formula is C16H19N7O2. The van der Waals surface area contributed by atoms with Crippen LogP contribution in [0.2, 0.25) is 0 Å². The molecule has 25 heavy (non-hydrogen) atoms. The molecule has 130 valence electrons. The third-order valence-corrected chi connectivity index (χ3v) is 4.84. The van der Waals surface area contributed by atoms with Crippen LogP contribution in [-0.4, -0.2) is 69.9 Å². The fourth-order valence-corrected chi connectivity index (χ4v) is 3.53. The molecule has 5 rings (SSSR count). The summed E-state index contributed by atoms with van der Waals surface area (Å²) in [5.41, 5.74) is 6.78. The highest BCUT2D eigenvalue weighted by atomic mass is 16.5. The van der Waals surface area contributed by atoms with Crippen molar-refractivity contribution in [2.75, 3.05) is 50.0 Å². The number of anilines is 2. The van der Waals surface area contributed by atoms with Gasteiger partial charge in [0.15, 0.2) is 11.4 Å². The Hall–Kier alpha value is -2.65. The average molecular weight is 341 g/mol. The molecule has 0 saturated carbocycles. The summed E-state index contributed by atoms with van der Waals surface area (Å²) in [4.78, 5) is 13.8. The van der Waals surface area contributed by atoms with E-state index in [1.807, 2.05) is 12.1 Å². The number of furan rings is 1. The maximum atomic E-state index is 6.12. The summed E-state index contributed by atoms with van der Waals surface area (Å²) in [6.07, 6.45) is 1.60. The van der Waals surface area contributed by atoms with Crippen LogP contribution in [0.25, 0.3) is 17.2 Å². The van der Waals surface area contributed by atoms with Crippen LogP contribution in [0.15, 0.2) is 28.9 Å². The van der Waals surface area contributed by atoms with Crippen molar-refractivity contribution in [1.29, 1.82) is 0 Å². The minimum absolute atomic E-state index is 0.320. The van der Waals surface area contributed by atoms with Crippen molar-refractivity contribution in [2.24, 2.45) is 0 Å². The Morgan fingerprint density at radius 3 is 3.04 bits per heavy atom. The van der Waals surface area contributed by atoms with Crippen molar-refractivity contribution in [3.63, 3.8) is 0 Å². The second-order valence-corrected chi connectivity index (χ2v) is 6.37.